The van der Waals surface area contributed by atoms with Crippen molar-refractivity contribution >= 4 is 11.3 Å². The normalized spacial score (nSPS) is 26.5. The molecule has 0 radical (unpaired) electrons. The lowest BCUT2D eigenvalue weighted by Gasteiger charge is -2.26. The van der Waals surface area contributed by atoms with Crippen LogP contribution in [-0.4, -0.2) is 11.0 Å². The minimum atomic E-state index is 0.558. The molecule has 2 saturated carbocycles. The zero-order valence-electron chi connectivity index (χ0n) is 13.8. The third-order valence-corrected chi connectivity index (χ3v) is 6.39. The molecule has 0 amide bonds. The summed E-state index contributed by atoms with van der Waals surface area (Å²) in [6.45, 7) is 7.82. The predicted octanol–water partition coefficient (Wildman–Crippen LogP) is 5.20. The first kappa shape index (κ1) is 15.5. The lowest BCUT2D eigenvalue weighted by molar-refractivity contribution is 0.318. The van der Waals surface area contributed by atoms with Crippen molar-refractivity contribution in [3.05, 3.63) is 15.6 Å². The van der Waals surface area contributed by atoms with Crippen molar-refractivity contribution in [3.8, 4) is 0 Å². The van der Waals surface area contributed by atoms with Gasteiger partial charge in [-0.1, -0.05) is 27.2 Å². The lowest BCUT2D eigenvalue weighted by atomic mass is 9.81. The molecule has 1 N–H and O–H groups in total. The highest BCUT2D eigenvalue weighted by Gasteiger charge is 2.31. The van der Waals surface area contributed by atoms with E-state index in [1.54, 1.807) is 0 Å². The van der Waals surface area contributed by atoms with Crippen molar-refractivity contribution in [2.45, 2.75) is 90.1 Å². The lowest BCUT2D eigenvalue weighted by Crippen LogP contribution is -2.21. The second-order valence-electron chi connectivity index (χ2n) is 7.30. The Kier molecular flexibility index (Phi) is 5.00. The SMILES string of the molecule is CCC1CCC(c2nc(C3CC3)c(CNC(C)C)s2)CC1. The maximum atomic E-state index is 5.10. The topological polar surface area (TPSA) is 24.9 Å². The van der Waals surface area contributed by atoms with Gasteiger partial charge in [0.25, 0.3) is 0 Å². The molecule has 1 heterocycles. The van der Waals surface area contributed by atoms with E-state index in [1.807, 2.05) is 11.3 Å². The zero-order valence-corrected chi connectivity index (χ0v) is 14.6. The summed E-state index contributed by atoms with van der Waals surface area (Å²) in [4.78, 5) is 6.63. The van der Waals surface area contributed by atoms with Crippen molar-refractivity contribution < 1.29 is 0 Å². The van der Waals surface area contributed by atoms with E-state index in [9.17, 15) is 0 Å². The molecule has 0 saturated heterocycles. The van der Waals surface area contributed by atoms with Gasteiger partial charge < -0.3 is 5.32 Å². The largest absolute Gasteiger partial charge is 0.310 e. The van der Waals surface area contributed by atoms with Crippen LogP contribution in [0.25, 0.3) is 0 Å². The van der Waals surface area contributed by atoms with Gasteiger partial charge in [0.05, 0.1) is 10.7 Å². The number of aromatic nitrogens is 1. The summed E-state index contributed by atoms with van der Waals surface area (Å²) in [5.74, 6) is 2.51. The number of hydrogen-bond acceptors (Lipinski definition) is 3. The highest BCUT2D eigenvalue weighted by molar-refractivity contribution is 7.11. The Hall–Kier alpha value is -0.410. The van der Waals surface area contributed by atoms with Crippen molar-refractivity contribution in [1.82, 2.24) is 10.3 Å². The van der Waals surface area contributed by atoms with Gasteiger partial charge in [-0.15, -0.1) is 11.3 Å². The molecule has 2 nitrogen and oxygen atoms in total. The van der Waals surface area contributed by atoms with Crippen LogP contribution in [-0.2, 0) is 6.54 Å². The average Bonchev–Trinajstić information content (AvgIpc) is 3.25. The Morgan fingerprint density at radius 3 is 2.33 bits per heavy atom. The molecule has 1 aromatic heterocycles. The summed E-state index contributed by atoms with van der Waals surface area (Å²) in [5.41, 5.74) is 1.45. The van der Waals surface area contributed by atoms with Crippen molar-refractivity contribution in [3.63, 3.8) is 0 Å². The van der Waals surface area contributed by atoms with Crippen LogP contribution < -0.4 is 5.32 Å². The fourth-order valence-electron chi connectivity index (χ4n) is 3.47. The second kappa shape index (κ2) is 6.78. The molecular weight excluding hydrogens is 276 g/mol. The molecule has 0 bridgehead atoms. The molecule has 0 unspecified atom stereocenters. The monoisotopic (exact) mass is 306 g/mol. The summed E-state index contributed by atoms with van der Waals surface area (Å²) < 4.78 is 0. The Bertz CT molecular complexity index is 454. The van der Waals surface area contributed by atoms with E-state index in [1.165, 1.54) is 60.5 Å². The van der Waals surface area contributed by atoms with Crippen molar-refractivity contribution in [2.24, 2.45) is 5.92 Å². The molecule has 21 heavy (non-hydrogen) atoms. The second-order valence-corrected chi connectivity index (χ2v) is 8.41. The molecule has 2 aliphatic carbocycles. The quantitative estimate of drug-likeness (QED) is 0.781. The van der Waals surface area contributed by atoms with Crippen LogP contribution in [0.5, 0.6) is 0 Å². The maximum absolute atomic E-state index is 5.10. The van der Waals surface area contributed by atoms with Crippen LogP contribution in [0.15, 0.2) is 0 Å². The van der Waals surface area contributed by atoms with Gasteiger partial charge in [0.15, 0.2) is 0 Å². The third kappa shape index (κ3) is 3.87. The number of hydrogen-bond donors (Lipinski definition) is 1. The molecular formula is C18H30N2S. The van der Waals surface area contributed by atoms with Gasteiger partial charge in [0, 0.05) is 29.3 Å². The molecule has 2 fully saturated rings. The van der Waals surface area contributed by atoms with Gasteiger partial charge >= 0.3 is 0 Å². The molecule has 1 aromatic rings. The van der Waals surface area contributed by atoms with Gasteiger partial charge in [-0.05, 0) is 44.4 Å². The molecule has 0 atom stereocenters. The molecule has 118 valence electrons. The minimum Gasteiger partial charge on any atom is -0.310 e. The highest BCUT2D eigenvalue weighted by Crippen LogP contribution is 2.45. The molecule has 3 rings (SSSR count). The molecule has 0 aromatic carbocycles. The van der Waals surface area contributed by atoms with E-state index in [2.05, 4.69) is 26.1 Å². The van der Waals surface area contributed by atoms with Crippen molar-refractivity contribution in [2.75, 3.05) is 0 Å². The Morgan fingerprint density at radius 1 is 1.10 bits per heavy atom. The van der Waals surface area contributed by atoms with Gasteiger partial charge in [-0.25, -0.2) is 4.98 Å². The van der Waals surface area contributed by atoms with Crippen LogP contribution in [0.2, 0.25) is 0 Å². The van der Waals surface area contributed by atoms with Crippen LogP contribution in [0.3, 0.4) is 0 Å². The van der Waals surface area contributed by atoms with Gasteiger partial charge in [0.1, 0.15) is 0 Å². The van der Waals surface area contributed by atoms with Crippen LogP contribution >= 0.6 is 11.3 Å². The smallest absolute Gasteiger partial charge is 0.0962 e. The number of nitrogens with zero attached hydrogens (tertiary/aromatic N) is 1. The number of thiazole rings is 1. The minimum absolute atomic E-state index is 0.558. The van der Waals surface area contributed by atoms with E-state index in [0.29, 0.717) is 6.04 Å². The predicted molar refractivity (Wildman–Crippen MR) is 91.1 cm³/mol. The highest BCUT2D eigenvalue weighted by atomic mass is 32.1. The summed E-state index contributed by atoms with van der Waals surface area (Å²) in [6, 6.07) is 0.558. The van der Waals surface area contributed by atoms with Gasteiger partial charge in [-0.2, -0.15) is 0 Å². The van der Waals surface area contributed by atoms with Crippen LogP contribution in [0.1, 0.15) is 93.1 Å². The Morgan fingerprint density at radius 2 is 1.76 bits per heavy atom. The van der Waals surface area contributed by atoms with E-state index in [-0.39, 0.29) is 0 Å². The summed E-state index contributed by atoms with van der Waals surface area (Å²) in [7, 11) is 0. The third-order valence-electron chi connectivity index (χ3n) is 5.15. The zero-order chi connectivity index (χ0) is 14.8. The standard InChI is InChI=1S/C18H30N2S/c1-4-13-5-7-15(8-6-13)18-20-17(14-9-10-14)16(21-18)11-19-12(2)3/h12-15,19H,4-11H2,1-3H3. The van der Waals surface area contributed by atoms with Gasteiger partial charge in [0.2, 0.25) is 0 Å². The summed E-state index contributed by atoms with van der Waals surface area (Å²) >= 11 is 2.01. The first-order chi connectivity index (χ1) is 10.2. The number of nitrogens with one attached hydrogen (secondary N) is 1. The molecule has 0 aliphatic heterocycles. The fourth-order valence-corrected chi connectivity index (χ4v) is 4.75. The van der Waals surface area contributed by atoms with Crippen LogP contribution in [0, 0.1) is 5.92 Å². The number of rotatable bonds is 6. The van der Waals surface area contributed by atoms with Gasteiger partial charge in [-0.3, -0.25) is 0 Å². The van der Waals surface area contributed by atoms with Crippen molar-refractivity contribution in [1.29, 1.82) is 0 Å². The van der Waals surface area contributed by atoms with E-state index < -0.39 is 0 Å². The summed E-state index contributed by atoms with van der Waals surface area (Å²) in [6.07, 6.45) is 9.65. The summed E-state index contributed by atoms with van der Waals surface area (Å²) in [5, 5.41) is 5.04. The van der Waals surface area contributed by atoms with E-state index in [4.69, 9.17) is 4.98 Å². The average molecular weight is 307 g/mol. The Labute approximate surface area is 133 Å². The molecule has 0 spiro atoms. The Balaban J connectivity index is 1.69. The van der Waals surface area contributed by atoms with E-state index >= 15 is 0 Å². The fraction of sp³-hybridized carbons (Fsp3) is 0.833. The van der Waals surface area contributed by atoms with Crippen LogP contribution in [0.4, 0.5) is 0 Å². The molecule has 2 aliphatic rings. The first-order valence-corrected chi connectivity index (χ1v) is 9.71. The first-order valence-electron chi connectivity index (χ1n) is 8.90. The maximum Gasteiger partial charge on any atom is 0.0962 e. The van der Waals surface area contributed by atoms with E-state index in [0.717, 1.165) is 24.3 Å². The molecule has 3 heteroatoms.